The first-order valence-corrected chi connectivity index (χ1v) is 5.10. The predicted molar refractivity (Wildman–Crippen MR) is 55.6 cm³/mol. The fraction of sp³-hybridized carbons (Fsp3) is 0.333. The molecule has 15 heavy (non-hydrogen) atoms. The molecule has 0 aliphatic heterocycles. The quantitative estimate of drug-likeness (QED) is 0.705. The van der Waals surface area contributed by atoms with Crippen LogP contribution in [0.2, 0.25) is 0 Å². The van der Waals surface area contributed by atoms with Crippen molar-refractivity contribution in [3.05, 3.63) is 35.9 Å². The number of pyridine rings is 1. The Bertz CT molecular complexity index is 412. The highest BCUT2D eigenvalue weighted by Crippen LogP contribution is 2.25. The lowest BCUT2D eigenvalue weighted by Gasteiger charge is -2.05. The summed E-state index contributed by atoms with van der Waals surface area (Å²) in [7, 11) is 0. The molecule has 1 aliphatic carbocycles. The second-order valence-corrected chi connectivity index (χ2v) is 3.70. The van der Waals surface area contributed by atoms with Gasteiger partial charge < -0.3 is 0 Å². The molecule has 0 saturated carbocycles. The first-order chi connectivity index (χ1) is 7.27. The molecule has 0 aromatic carbocycles. The summed E-state index contributed by atoms with van der Waals surface area (Å²) in [4.78, 5) is 15.1. The third kappa shape index (κ3) is 2.29. The molecule has 0 atom stereocenters. The highest BCUT2D eigenvalue weighted by Gasteiger charge is 2.12. The van der Waals surface area contributed by atoms with Crippen LogP contribution in [0.25, 0.3) is 5.57 Å². The molecule has 0 N–H and O–H groups in total. The molecule has 78 valence electrons. The van der Waals surface area contributed by atoms with Crippen molar-refractivity contribution in [1.82, 2.24) is 4.98 Å². The Morgan fingerprint density at radius 2 is 2.07 bits per heavy atom. The van der Waals surface area contributed by atoms with Crippen LogP contribution in [0.3, 0.4) is 0 Å². The average Bonchev–Trinajstić information content (AvgIpc) is 2.43. The molecule has 1 aromatic rings. The maximum atomic E-state index is 13.4. The van der Waals surface area contributed by atoms with Crippen molar-refractivity contribution < 1.29 is 9.18 Å². The molecule has 0 unspecified atom stereocenters. The number of ketones is 1. The van der Waals surface area contributed by atoms with E-state index in [0.29, 0.717) is 12.0 Å². The Balaban J connectivity index is 2.37. The van der Waals surface area contributed by atoms with E-state index in [2.05, 4.69) is 4.98 Å². The number of carbonyl (C=O) groups is 1. The average molecular weight is 205 g/mol. The van der Waals surface area contributed by atoms with Gasteiger partial charge in [-0.05, 0) is 37.0 Å². The first-order valence-electron chi connectivity index (χ1n) is 5.10. The van der Waals surface area contributed by atoms with Crippen LogP contribution in [0.5, 0.6) is 0 Å². The van der Waals surface area contributed by atoms with E-state index in [1.54, 1.807) is 18.3 Å². The lowest BCUT2D eigenvalue weighted by molar-refractivity contribution is -0.114. The minimum absolute atomic E-state index is 0.0960. The van der Waals surface area contributed by atoms with Gasteiger partial charge >= 0.3 is 0 Å². The highest BCUT2D eigenvalue weighted by atomic mass is 19.1. The van der Waals surface area contributed by atoms with Crippen molar-refractivity contribution in [1.29, 1.82) is 0 Å². The zero-order valence-corrected chi connectivity index (χ0v) is 8.37. The molecule has 0 spiro atoms. The van der Waals surface area contributed by atoms with Gasteiger partial charge in [-0.1, -0.05) is 0 Å². The highest BCUT2D eigenvalue weighted by molar-refractivity contribution is 5.97. The van der Waals surface area contributed by atoms with Gasteiger partial charge in [0.1, 0.15) is 5.82 Å². The number of halogens is 1. The van der Waals surface area contributed by atoms with Crippen LogP contribution in [0.4, 0.5) is 4.39 Å². The van der Waals surface area contributed by atoms with Gasteiger partial charge in [-0.2, -0.15) is 0 Å². The Hall–Kier alpha value is -1.51. The summed E-state index contributed by atoms with van der Waals surface area (Å²) < 4.78 is 13.4. The number of hydrogen-bond donors (Lipinski definition) is 0. The Morgan fingerprint density at radius 1 is 1.27 bits per heavy atom. The van der Waals surface area contributed by atoms with Crippen molar-refractivity contribution in [2.75, 3.05) is 0 Å². The number of allylic oxidation sites excluding steroid dienone is 2. The Kier molecular flexibility index (Phi) is 2.90. The molecule has 1 aliphatic rings. The summed E-state index contributed by atoms with van der Waals surface area (Å²) >= 11 is 0. The van der Waals surface area contributed by atoms with E-state index in [9.17, 15) is 9.18 Å². The summed E-state index contributed by atoms with van der Waals surface area (Å²) in [5, 5.41) is 0. The second-order valence-electron chi connectivity index (χ2n) is 3.70. The minimum Gasteiger partial charge on any atom is -0.295 e. The van der Waals surface area contributed by atoms with Crippen LogP contribution in [0.15, 0.2) is 24.5 Å². The monoisotopic (exact) mass is 205 g/mol. The molecule has 0 bridgehead atoms. The SMILES string of the molecule is O=C1C=C(c2ccncc2F)CCCC1. The van der Waals surface area contributed by atoms with Gasteiger partial charge in [0.25, 0.3) is 0 Å². The maximum Gasteiger partial charge on any atom is 0.155 e. The summed E-state index contributed by atoms with van der Waals surface area (Å²) in [6.45, 7) is 0. The van der Waals surface area contributed by atoms with E-state index in [-0.39, 0.29) is 11.6 Å². The normalized spacial score (nSPS) is 17.1. The molecule has 2 nitrogen and oxygen atoms in total. The molecule has 1 heterocycles. The number of carbonyl (C=O) groups excluding carboxylic acids is 1. The van der Waals surface area contributed by atoms with E-state index in [1.807, 2.05) is 0 Å². The first kappa shape index (κ1) is 10.0. The van der Waals surface area contributed by atoms with E-state index in [4.69, 9.17) is 0 Å². The Morgan fingerprint density at radius 3 is 2.87 bits per heavy atom. The number of rotatable bonds is 1. The lowest BCUT2D eigenvalue weighted by Crippen LogP contribution is -1.93. The van der Waals surface area contributed by atoms with Crippen LogP contribution in [-0.4, -0.2) is 10.8 Å². The fourth-order valence-electron chi connectivity index (χ4n) is 1.80. The van der Waals surface area contributed by atoms with Crippen molar-refractivity contribution in [2.24, 2.45) is 0 Å². The van der Waals surface area contributed by atoms with E-state index in [1.165, 1.54) is 6.20 Å². The molecule has 0 saturated heterocycles. The van der Waals surface area contributed by atoms with Crippen LogP contribution in [-0.2, 0) is 4.79 Å². The van der Waals surface area contributed by atoms with Gasteiger partial charge in [0.2, 0.25) is 0 Å². The number of aromatic nitrogens is 1. The molecular weight excluding hydrogens is 193 g/mol. The van der Waals surface area contributed by atoms with Gasteiger partial charge in [0.05, 0.1) is 6.20 Å². The van der Waals surface area contributed by atoms with Gasteiger partial charge in [-0.3, -0.25) is 9.78 Å². The van der Waals surface area contributed by atoms with Crippen LogP contribution in [0, 0.1) is 5.82 Å². The molecule has 0 radical (unpaired) electrons. The maximum absolute atomic E-state index is 13.4. The summed E-state index contributed by atoms with van der Waals surface area (Å²) in [6.07, 6.45) is 7.50. The number of hydrogen-bond acceptors (Lipinski definition) is 2. The third-order valence-electron chi connectivity index (χ3n) is 2.57. The van der Waals surface area contributed by atoms with Crippen LogP contribution < -0.4 is 0 Å². The zero-order chi connectivity index (χ0) is 10.7. The predicted octanol–water partition coefficient (Wildman–Crippen LogP) is 2.75. The summed E-state index contributed by atoms with van der Waals surface area (Å²) in [5.74, 6) is -0.253. The van der Waals surface area contributed by atoms with Crippen molar-refractivity contribution in [3.63, 3.8) is 0 Å². The molecule has 1 aromatic heterocycles. The molecule has 0 amide bonds. The standard InChI is InChI=1S/C12H12FNO/c13-12-8-14-6-5-11(12)9-3-1-2-4-10(15)7-9/h5-8H,1-4H2. The molecular formula is C12H12FNO. The third-order valence-corrected chi connectivity index (χ3v) is 2.57. The smallest absolute Gasteiger partial charge is 0.155 e. The van der Waals surface area contributed by atoms with Gasteiger partial charge in [-0.15, -0.1) is 0 Å². The van der Waals surface area contributed by atoms with Crippen LogP contribution in [0.1, 0.15) is 31.2 Å². The lowest BCUT2D eigenvalue weighted by atomic mass is 10.0. The van der Waals surface area contributed by atoms with Gasteiger partial charge in [0.15, 0.2) is 5.78 Å². The molecule has 2 rings (SSSR count). The zero-order valence-electron chi connectivity index (χ0n) is 8.37. The molecule has 0 fully saturated rings. The van der Waals surface area contributed by atoms with Gasteiger partial charge in [0, 0.05) is 18.2 Å². The van der Waals surface area contributed by atoms with Gasteiger partial charge in [-0.25, -0.2) is 4.39 Å². The van der Waals surface area contributed by atoms with Crippen molar-refractivity contribution in [2.45, 2.75) is 25.7 Å². The summed E-state index contributed by atoms with van der Waals surface area (Å²) in [5.41, 5.74) is 1.32. The van der Waals surface area contributed by atoms with E-state index < -0.39 is 0 Å². The number of nitrogens with zero attached hydrogens (tertiary/aromatic N) is 1. The minimum atomic E-state index is -0.349. The summed E-state index contributed by atoms with van der Waals surface area (Å²) in [6, 6.07) is 1.62. The second kappa shape index (κ2) is 4.34. The van der Waals surface area contributed by atoms with Crippen LogP contribution >= 0.6 is 0 Å². The topological polar surface area (TPSA) is 30.0 Å². The largest absolute Gasteiger partial charge is 0.295 e. The van der Waals surface area contributed by atoms with Crippen molar-refractivity contribution in [3.8, 4) is 0 Å². The molecule has 3 heteroatoms. The van der Waals surface area contributed by atoms with E-state index in [0.717, 1.165) is 24.8 Å². The Labute approximate surface area is 87.8 Å². The van der Waals surface area contributed by atoms with Crippen molar-refractivity contribution >= 4 is 11.4 Å². The van der Waals surface area contributed by atoms with E-state index >= 15 is 0 Å². The fourth-order valence-corrected chi connectivity index (χ4v) is 1.80.